The molecule has 1 aliphatic rings. The summed E-state index contributed by atoms with van der Waals surface area (Å²) in [6.45, 7) is 0. The molecule has 0 atom stereocenters. The molecule has 1 aliphatic carbocycles. The van der Waals surface area contributed by atoms with E-state index in [0.29, 0.717) is 11.6 Å². The number of fused-ring (bicyclic) bond motifs is 1. The van der Waals surface area contributed by atoms with Gasteiger partial charge in [0.15, 0.2) is 0 Å². The van der Waals surface area contributed by atoms with Gasteiger partial charge < -0.3 is 9.67 Å². The van der Waals surface area contributed by atoms with Crippen LogP contribution in [0.1, 0.15) is 18.9 Å². The summed E-state index contributed by atoms with van der Waals surface area (Å²) in [5.74, 6) is 0.540. The largest absolute Gasteiger partial charge is 0.506 e. The maximum absolute atomic E-state index is 13.4. The van der Waals surface area contributed by atoms with Gasteiger partial charge >= 0.3 is 0 Å². The van der Waals surface area contributed by atoms with Gasteiger partial charge in [0.2, 0.25) is 0 Å². The molecule has 5 heteroatoms. The number of rotatable bonds is 2. The van der Waals surface area contributed by atoms with Crippen LogP contribution in [-0.2, 0) is 0 Å². The highest BCUT2D eigenvalue weighted by Crippen LogP contribution is 2.41. The number of aromatic nitrogens is 3. The van der Waals surface area contributed by atoms with E-state index in [9.17, 15) is 9.50 Å². The monoisotopic (exact) mass is 269 g/mol. The first-order valence-corrected chi connectivity index (χ1v) is 6.54. The van der Waals surface area contributed by atoms with Gasteiger partial charge in [-0.3, -0.25) is 4.98 Å². The Morgan fingerprint density at radius 1 is 1.20 bits per heavy atom. The number of halogens is 1. The minimum Gasteiger partial charge on any atom is -0.506 e. The molecule has 4 rings (SSSR count). The molecule has 0 radical (unpaired) electrons. The van der Waals surface area contributed by atoms with Crippen LogP contribution in [0, 0.1) is 5.82 Å². The average Bonchev–Trinajstić information content (AvgIpc) is 3.19. The lowest BCUT2D eigenvalue weighted by Gasteiger charge is -2.07. The SMILES string of the molecule is Oc1cncc(-c2nc3cc(F)ccc3n2C2CC2)c1. The topological polar surface area (TPSA) is 50.9 Å². The van der Waals surface area contributed by atoms with E-state index in [-0.39, 0.29) is 11.6 Å². The fourth-order valence-electron chi connectivity index (χ4n) is 2.53. The third kappa shape index (κ3) is 1.74. The van der Waals surface area contributed by atoms with Crippen molar-refractivity contribution >= 4 is 11.0 Å². The zero-order valence-corrected chi connectivity index (χ0v) is 10.6. The first-order chi connectivity index (χ1) is 9.72. The van der Waals surface area contributed by atoms with Crippen LogP contribution >= 0.6 is 0 Å². The van der Waals surface area contributed by atoms with Gasteiger partial charge in [-0.1, -0.05) is 0 Å². The van der Waals surface area contributed by atoms with Gasteiger partial charge in [-0.2, -0.15) is 0 Å². The summed E-state index contributed by atoms with van der Waals surface area (Å²) < 4.78 is 15.5. The molecule has 2 heterocycles. The van der Waals surface area contributed by atoms with Gasteiger partial charge in [0.1, 0.15) is 17.4 Å². The van der Waals surface area contributed by atoms with E-state index >= 15 is 0 Å². The predicted octanol–water partition coefficient (Wildman–Crippen LogP) is 3.28. The van der Waals surface area contributed by atoms with E-state index in [1.807, 2.05) is 0 Å². The smallest absolute Gasteiger partial charge is 0.143 e. The number of pyridine rings is 1. The second kappa shape index (κ2) is 4.03. The van der Waals surface area contributed by atoms with Crippen molar-refractivity contribution in [2.24, 2.45) is 0 Å². The Kier molecular flexibility index (Phi) is 2.30. The van der Waals surface area contributed by atoms with Crippen molar-refractivity contribution < 1.29 is 9.50 Å². The van der Waals surface area contributed by atoms with Crippen LogP contribution in [0.2, 0.25) is 0 Å². The lowest BCUT2D eigenvalue weighted by atomic mass is 10.2. The lowest BCUT2D eigenvalue weighted by Crippen LogP contribution is -1.97. The minimum atomic E-state index is -0.293. The molecular weight excluding hydrogens is 257 g/mol. The first kappa shape index (κ1) is 11.4. The molecule has 20 heavy (non-hydrogen) atoms. The molecule has 1 aromatic carbocycles. The normalized spacial score (nSPS) is 14.8. The predicted molar refractivity (Wildman–Crippen MR) is 72.9 cm³/mol. The molecule has 0 spiro atoms. The number of nitrogens with zero attached hydrogens (tertiary/aromatic N) is 3. The molecule has 0 aliphatic heterocycles. The molecule has 4 nitrogen and oxygen atoms in total. The van der Waals surface area contributed by atoms with Crippen LogP contribution in [0.3, 0.4) is 0 Å². The fourth-order valence-corrected chi connectivity index (χ4v) is 2.53. The van der Waals surface area contributed by atoms with Crippen molar-refractivity contribution in [1.82, 2.24) is 14.5 Å². The first-order valence-electron chi connectivity index (χ1n) is 6.54. The molecule has 0 amide bonds. The Balaban J connectivity index is 2.00. The van der Waals surface area contributed by atoms with Crippen molar-refractivity contribution in [3.8, 4) is 17.1 Å². The number of hydrogen-bond acceptors (Lipinski definition) is 3. The number of benzene rings is 1. The Labute approximate surface area is 114 Å². The summed E-state index contributed by atoms with van der Waals surface area (Å²) in [6.07, 6.45) is 5.24. The van der Waals surface area contributed by atoms with Crippen molar-refractivity contribution in [3.05, 3.63) is 42.5 Å². The zero-order valence-electron chi connectivity index (χ0n) is 10.6. The highest BCUT2D eigenvalue weighted by atomic mass is 19.1. The molecular formula is C15H12FN3O. The Hall–Kier alpha value is -2.43. The van der Waals surface area contributed by atoms with E-state index in [4.69, 9.17) is 0 Å². The van der Waals surface area contributed by atoms with E-state index < -0.39 is 0 Å². The number of hydrogen-bond donors (Lipinski definition) is 1. The average molecular weight is 269 g/mol. The Morgan fingerprint density at radius 3 is 2.80 bits per heavy atom. The molecule has 0 unspecified atom stereocenters. The minimum absolute atomic E-state index is 0.100. The number of aromatic hydroxyl groups is 1. The fraction of sp³-hybridized carbons (Fsp3) is 0.200. The molecule has 100 valence electrons. The van der Waals surface area contributed by atoms with Crippen molar-refractivity contribution in [3.63, 3.8) is 0 Å². The standard InChI is InChI=1S/C15H12FN3O/c16-10-1-4-14-13(6-10)18-15(19(14)11-2-3-11)9-5-12(20)8-17-7-9/h1,4-8,11,20H,2-3H2. The zero-order chi connectivity index (χ0) is 13.7. The van der Waals surface area contributed by atoms with Crippen LogP contribution < -0.4 is 0 Å². The maximum Gasteiger partial charge on any atom is 0.143 e. The highest BCUT2D eigenvalue weighted by molar-refractivity contribution is 5.81. The molecule has 1 N–H and O–H groups in total. The molecule has 0 bridgehead atoms. The third-order valence-corrected chi connectivity index (χ3v) is 3.55. The van der Waals surface area contributed by atoms with Crippen molar-refractivity contribution in [2.45, 2.75) is 18.9 Å². The quantitative estimate of drug-likeness (QED) is 0.776. The maximum atomic E-state index is 13.4. The van der Waals surface area contributed by atoms with Gasteiger partial charge in [0.05, 0.1) is 17.2 Å². The summed E-state index contributed by atoms with van der Waals surface area (Å²) in [5, 5.41) is 9.58. The summed E-state index contributed by atoms with van der Waals surface area (Å²) in [5.41, 5.74) is 2.30. The summed E-state index contributed by atoms with van der Waals surface area (Å²) >= 11 is 0. The molecule has 1 saturated carbocycles. The van der Waals surface area contributed by atoms with Crippen LogP contribution in [-0.4, -0.2) is 19.6 Å². The summed E-state index contributed by atoms with van der Waals surface area (Å²) in [4.78, 5) is 8.51. The summed E-state index contributed by atoms with van der Waals surface area (Å²) in [6, 6.07) is 6.68. The van der Waals surface area contributed by atoms with Crippen LogP contribution in [0.25, 0.3) is 22.4 Å². The number of imidazole rings is 1. The van der Waals surface area contributed by atoms with E-state index in [1.54, 1.807) is 18.3 Å². The van der Waals surface area contributed by atoms with Gasteiger partial charge in [0.25, 0.3) is 0 Å². The molecule has 3 aromatic rings. The van der Waals surface area contributed by atoms with E-state index in [1.165, 1.54) is 18.3 Å². The highest BCUT2D eigenvalue weighted by Gasteiger charge is 2.28. The molecule has 1 fully saturated rings. The van der Waals surface area contributed by atoms with Gasteiger partial charge in [0, 0.05) is 23.9 Å². The third-order valence-electron chi connectivity index (χ3n) is 3.55. The van der Waals surface area contributed by atoms with Crippen molar-refractivity contribution in [2.75, 3.05) is 0 Å². The summed E-state index contributed by atoms with van der Waals surface area (Å²) in [7, 11) is 0. The van der Waals surface area contributed by atoms with Crippen molar-refractivity contribution in [1.29, 1.82) is 0 Å². The van der Waals surface area contributed by atoms with Gasteiger partial charge in [-0.25, -0.2) is 9.37 Å². The lowest BCUT2D eigenvalue weighted by molar-refractivity contribution is 0.473. The Bertz CT molecular complexity index is 808. The van der Waals surface area contributed by atoms with Crippen LogP contribution in [0.4, 0.5) is 4.39 Å². The van der Waals surface area contributed by atoms with Gasteiger partial charge in [-0.05, 0) is 31.0 Å². The second-order valence-electron chi connectivity index (χ2n) is 5.10. The van der Waals surface area contributed by atoms with Crippen LogP contribution in [0.5, 0.6) is 5.75 Å². The van der Waals surface area contributed by atoms with Crippen LogP contribution in [0.15, 0.2) is 36.7 Å². The molecule has 2 aromatic heterocycles. The Morgan fingerprint density at radius 2 is 2.05 bits per heavy atom. The second-order valence-corrected chi connectivity index (χ2v) is 5.10. The molecule has 0 saturated heterocycles. The van der Waals surface area contributed by atoms with E-state index in [2.05, 4.69) is 14.5 Å². The van der Waals surface area contributed by atoms with E-state index in [0.717, 1.165) is 29.7 Å². The van der Waals surface area contributed by atoms with Gasteiger partial charge in [-0.15, -0.1) is 0 Å².